The zero-order chi connectivity index (χ0) is 13.5. The maximum Gasteiger partial charge on any atom is 0.170 e. The van der Waals surface area contributed by atoms with Gasteiger partial charge in [-0.2, -0.15) is 0 Å². The predicted octanol–water partition coefficient (Wildman–Crippen LogP) is 2.86. The molecule has 0 radical (unpaired) electrons. The minimum atomic E-state index is 0.659. The molecule has 0 unspecified atom stereocenters. The number of aromatic nitrogens is 2. The lowest BCUT2D eigenvalue weighted by atomic mass is 10.3. The van der Waals surface area contributed by atoms with Gasteiger partial charge >= 0.3 is 0 Å². The number of hydrogen-bond acceptors (Lipinski definition) is 2. The number of aryl methyl sites for hydroxylation is 1. The van der Waals surface area contributed by atoms with Crippen LogP contribution >= 0.6 is 34.8 Å². The number of benzene rings is 1. The summed E-state index contributed by atoms with van der Waals surface area (Å²) < 4.78 is 3.26. The highest BCUT2D eigenvalue weighted by Crippen LogP contribution is 2.10. The summed E-state index contributed by atoms with van der Waals surface area (Å²) in [5, 5.41) is 7.01. The van der Waals surface area contributed by atoms with Crippen LogP contribution < -0.4 is 10.6 Å². The Morgan fingerprint density at radius 1 is 1.32 bits per heavy atom. The Labute approximate surface area is 131 Å². The van der Waals surface area contributed by atoms with E-state index < -0.39 is 0 Å². The van der Waals surface area contributed by atoms with Crippen LogP contribution in [-0.2, 0) is 6.54 Å². The standard InChI is InChI=1S/C13H15IN4S/c14-11-2-4-12(5-3-11)17-13(19)16-6-1-8-18-9-7-15-10-18/h2-5,7,9-10H,1,6,8H2,(H2,16,17,19). The van der Waals surface area contributed by atoms with Gasteiger partial charge in [0.2, 0.25) is 0 Å². The number of halogens is 1. The molecule has 19 heavy (non-hydrogen) atoms. The van der Waals surface area contributed by atoms with Crippen LogP contribution in [0.5, 0.6) is 0 Å². The maximum atomic E-state index is 5.24. The lowest BCUT2D eigenvalue weighted by molar-refractivity contribution is 0.632. The number of nitrogens with one attached hydrogen (secondary N) is 2. The van der Waals surface area contributed by atoms with E-state index >= 15 is 0 Å². The molecule has 2 N–H and O–H groups in total. The maximum absolute atomic E-state index is 5.24. The van der Waals surface area contributed by atoms with E-state index in [-0.39, 0.29) is 0 Å². The molecule has 1 heterocycles. The topological polar surface area (TPSA) is 41.9 Å². The van der Waals surface area contributed by atoms with Crippen LogP contribution in [0.1, 0.15) is 6.42 Å². The third-order valence-electron chi connectivity index (χ3n) is 2.54. The molecule has 0 saturated heterocycles. The number of nitrogens with zero attached hydrogens (tertiary/aromatic N) is 2. The summed E-state index contributed by atoms with van der Waals surface area (Å²) in [5.41, 5.74) is 1.01. The zero-order valence-corrected chi connectivity index (χ0v) is 13.3. The lowest BCUT2D eigenvalue weighted by Crippen LogP contribution is -2.29. The van der Waals surface area contributed by atoms with E-state index in [1.807, 2.05) is 36.8 Å². The Morgan fingerprint density at radius 2 is 2.11 bits per heavy atom. The monoisotopic (exact) mass is 386 g/mol. The van der Waals surface area contributed by atoms with Crippen molar-refractivity contribution in [2.45, 2.75) is 13.0 Å². The molecule has 0 spiro atoms. The molecule has 0 aliphatic carbocycles. The van der Waals surface area contributed by atoms with Gasteiger partial charge in [-0.3, -0.25) is 0 Å². The van der Waals surface area contributed by atoms with Crippen LogP contribution in [0.25, 0.3) is 0 Å². The Morgan fingerprint density at radius 3 is 2.79 bits per heavy atom. The second kappa shape index (κ2) is 7.44. The minimum Gasteiger partial charge on any atom is -0.362 e. The first-order chi connectivity index (χ1) is 9.24. The van der Waals surface area contributed by atoms with Crippen molar-refractivity contribution in [1.82, 2.24) is 14.9 Å². The molecular weight excluding hydrogens is 371 g/mol. The number of imidazole rings is 1. The first-order valence-electron chi connectivity index (χ1n) is 6.00. The third kappa shape index (κ3) is 5.15. The molecule has 2 rings (SSSR count). The van der Waals surface area contributed by atoms with Gasteiger partial charge in [0, 0.05) is 34.7 Å². The number of rotatable bonds is 5. The van der Waals surface area contributed by atoms with Crippen LogP contribution in [0.2, 0.25) is 0 Å². The number of hydrogen-bond donors (Lipinski definition) is 2. The first kappa shape index (κ1) is 14.3. The highest BCUT2D eigenvalue weighted by atomic mass is 127. The molecule has 1 aromatic carbocycles. The van der Waals surface area contributed by atoms with E-state index in [2.05, 4.69) is 42.8 Å². The summed E-state index contributed by atoms with van der Waals surface area (Å²) in [6.07, 6.45) is 6.57. The molecule has 0 fully saturated rings. The SMILES string of the molecule is S=C(NCCCn1ccnc1)Nc1ccc(I)cc1. The number of anilines is 1. The van der Waals surface area contributed by atoms with E-state index in [4.69, 9.17) is 12.2 Å². The Kier molecular flexibility index (Phi) is 5.59. The van der Waals surface area contributed by atoms with Crippen LogP contribution in [-0.4, -0.2) is 21.2 Å². The van der Waals surface area contributed by atoms with Gasteiger partial charge in [-0.05, 0) is 65.5 Å². The molecule has 1 aromatic heterocycles. The molecule has 0 saturated carbocycles. The number of thiocarbonyl (C=S) groups is 1. The summed E-state index contributed by atoms with van der Waals surface area (Å²) in [5.74, 6) is 0. The quantitative estimate of drug-likeness (QED) is 0.471. The predicted molar refractivity (Wildman–Crippen MR) is 90.2 cm³/mol. The van der Waals surface area contributed by atoms with Crippen molar-refractivity contribution in [3.05, 3.63) is 46.6 Å². The summed E-state index contributed by atoms with van der Waals surface area (Å²) in [4.78, 5) is 4.00. The molecule has 0 aliphatic heterocycles. The Bertz CT molecular complexity index is 510. The Balaban J connectivity index is 1.65. The van der Waals surface area contributed by atoms with Gasteiger partial charge in [0.15, 0.2) is 5.11 Å². The summed E-state index contributed by atoms with van der Waals surface area (Å²) >= 11 is 7.52. The van der Waals surface area contributed by atoms with Gasteiger partial charge in [-0.15, -0.1) is 0 Å². The van der Waals surface area contributed by atoms with Gasteiger partial charge in [0.05, 0.1) is 6.33 Å². The molecule has 0 aliphatic rings. The summed E-state index contributed by atoms with van der Waals surface area (Å²) in [6, 6.07) is 8.12. The van der Waals surface area contributed by atoms with E-state index in [1.165, 1.54) is 3.57 Å². The lowest BCUT2D eigenvalue weighted by Gasteiger charge is -2.10. The van der Waals surface area contributed by atoms with Crippen LogP contribution in [0.4, 0.5) is 5.69 Å². The fourth-order valence-corrected chi connectivity index (χ4v) is 2.17. The zero-order valence-electron chi connectivity index (χ0n) is 10.3. The molecule has 0 bridgehead atoms. The third-order valence-corrected chi connectivity index (χ3v) is 3.51. The second-order valence-electron chi connectivity index (χ2n) is 4.04. The van der Waals surface area contributed by atoms with Gasteiger partial charge in [0.1, 0.15) is 0 Å². The van der Waals surface area contributed by atoms with Crippen molar-refractivity contribution in [2.75, 3.05) is 11.9 Å². The molecular formula is C13H15IN4S. The van der Waals surface area contributed by atoms with Gasteiger partial charge in [-0.1, -0.05) is 0 Å². The van der Waals surface area contributed by atoms with E-state index in [1.54, 1.807) is 6.20 Å². The van der Waals surface area contributed by atoms with Crippen LogP contribution in [0.15, 0.2) is 43.0 Å². The highest BCUT2D eigenvalue weighted by molar-refractivity contribution is 14.1. The second-order valence-corrected chi connectivity index (χ2v) is 5.70. The van der Waals surface area contributed by atoms with Crippen molar-refractivity contribution in [1.29, 1.82) is 0 Å². The molecule has 0 atom stereocenters. The molecule has 2 aromatic rings. The summed E-state index contributed by atoms with van der Waals surface area (Å²) in [6.45, 7) is 1.79. The van der Waals surface area contributed by atoms with E-state index in [0.717, 1.165) is 25.2 Å². The largest absolute Gasteiger partial charge is 0.362 e. The highest BCUT2D eigenvalue weighted by Gasteiger charge is 1.97. The fraction of sp³-hybridized carbons (Fsp3) is 0.231. The molecule has 4 nitrogen and oxygen atoms in total. The van der Waals surface area contributed by atoms with Gasteiger partial charge in [0.25, 0.3) is 0 Å². The summed E-state index contributed by atoms with van der Waals surface area (Å²) in [7, 11) is 0. The van der Waals surface area contributed by atoms with Crippen molar-refractivity contribution in [2.24, 2.45) is 0 Å². The van der Waals surface area contributed by atoms with Crippen molar-refractivity contribution in [3.63, 3.8) is 0 Å². The average molecular weight is 386 g/mol. The fourth-order valence-electron chi connectivity index (χ4n) is 1.59. The van der Waals surface area contributed by atoms with E-state index in [9.17, 15) is 0 Å². The Hall–Kier alpha value is -1.15. The van der Waals surface area contributed by atoms with Crippen molar-refractivity contribution in [3.8, 4) is 0 Å². The normalized spacial score (nSPS) is 10.2. The smallest absolute Gasteiger partial charge is 0.170 e. The van der Waals surface area contributed by atoms with Crippen LogP contribution in [0, 0.1) is 3.57 Å². The minimum absolute atomic E-state index is 0.659. The van der Waals surface area contributed by atoms with E-state index in [0.29, 0.717) is 5.11 Å². The van der Waals surface area contributed by atoms with Gasteiger partial charge in [-0.25, -0.2) is 4.98 Å². The molecule has 6 heteroatoms. The molecule has 100 valence electrons. The first-order valence-corrected chi connectivity index (χ1v) is 7.49. The average Bonchev–Trinajstić information content (AvgIpc) is 2.91. The van der Waals surface area contributed by atoms with Crippen molar-refractivity contribution < 1.29 is 0 Å². The molecule has 0 amide bonds. The van der Waals surface area contributed by atoms with Crippen molar-refractivity contribution >= 4 is 45.6 Å². The van der Waals surface area contributed by atoms with Crippen LogP contribution in [0.3, 0.4) is 0 Å². The van der Waals surface area contributed by atoms with Gasteiger partial charge < -0.3 is 15.2 Å².